The molecule has 1 heterocycles. The summed E-state index contributed by atoms with van der Waals surface area (Å²) >= 11 is 0. The molecule has 1 rings (SSSR count). The predicted molar refractivity (Wildman–Crippen MR) is 52.4 cm³/mol. The van der Waals surface area contributed by atoms with Gasteiger partial charge in [-0.3, -0.25) is 5.32 Å². The Morgan fingerprint density at radius 2 is 2.57 bits per heavy atom. The van der Waals surface area contributed by atoms with Crippen LogP contribution < -0.4 is 5.32 Å². The van der Waals surface area contributed by atoms with Gasteiger partial charge in [0.1, 0.15) is 12.4 Å². The first kappa shape index (κ1) is 10.1. The number of furan rings is 1. The number of nitrogens with one attached hydrogen (secondary N) is 1. The lowest BCUT2D eigenvalue weighted by molar-refractivity contribution is 0.162. The summed E-state index contributed by atoms with van der Waals surface area (Å²) < 4.78 is 9.66. The Labute approximate surface area is 81.9 Å². The Kier molecular flexibility index (Phi) is 4.07. The molecule has 1 aromatic rings. The third kappa shape index (κ3) is 3.62. The molecular weight excluding hydrogens is 182 g/mol. The van der Waals surface area contributed by atoms with Gasteiger partial charge in [0.15, 0.2) is 0 Å². The Bertz CT molecular complexity index is 314. The summed E-state index contributed by atoms with van der Waals surface area (Å²) in [7, 11) is 0. The van der Waals surface area contributed by atoms with Gasteiger partial charge in [-0.15, -0.1) is 0 Å². The number of carbonyl (C=O) groups is 1. The third-order valence-corrected chi connectivity index (χ3v) is 1.32. The number of hydrogen-bond acceptors (Lipinski definition) is 3. The van der Waals surface area contributed by atoms with Gasteiger partial charge in [0.25, 0.3) is 0 Å². The van der Waals surface area contributed by atoms with Crippen LogP contribution in [0, 0.1) is 0 Å². The Hall–Kier alpha value is -1.97. The first-order valence-electron chi connectivity index (χ1n) is 4.07. The molecule has 0 fully saturated rings. The minimum atomic E-state index is -0.521. The fourth-order valence-corrected chi connectivity index (χ4v) is 0.754. The molecule has 1 amide bonds. The maximum absolute atomic E-state index is 10.9. The average molecular weight is 193 g/mol. The van der Waals surface area contributed by atoms with Crippen molar-refractivity contribution in [2.24, 2.45) is 0 Å². The molecule has 4 heteroatoms. The Morgan fingerprint density at radius 3 is 3.21 bits per heavy atom. The molecule has 0 aliphatic heterocycles. The van der Waals surface area contributed by atoms with E-state index >= 15 is 0 Å². The van der Waals surface area contributed by atoms with Gasteiger partial charge in [-0.2, -0.15) is 0 Å². The van der Waals surface area contributed by atoms with Crippen LogP contribution in [0.5, 0.6) is 0 Å². The van der Waals surface area contributed by atoms with Crippen LogP contribution in [0.15, 0.2) is 41.7 Å². The number of ether oxygens (including phenoxy) is 1. The number of rotatable bonds is 4. The number of carbonyl (C=O) groups excluding carboxylic acids is 1. The molecule has 4 nitrogen and oxygen atoms in total. The van der Waals surface area contributed by atoms with E-state index in [2.05, 4.69) is 16.6 Å². The topological polar surface area (TPSA) is 51.5 Å². The van der Waals surface area contributed by atoms with E-state index in [1.54, 1.807) is 24.5 Å². The molecule has 0 unspecified atom stereocenters. The zero-order chi connectivity index (χ0) is 10.2. The fraction of sp³-hybridized carbons (Fsp3) is 0.100. The van der Waals surface area contributed by atoms with E-state index in [0.717, 1.165) is 0 Å². The van der Waals surface area contributed by atoms with E-state index in [9.17, 15) is 4.79 Å². The zero-order valence-corrected chi connectivity index (χ0v) is 7.60. The van der Waals surface area contributed by atoms with Crippen LogP contribution in [0.3, 0.4) is 0 Å². The van der Waals surface area contributed by atoms with Crippen LogP contribution in [0.2, 0.25) is 0 Å². The van der Waals surface area contributed by atoms with Crippen LogP contribution in [0.1, 0.15) is 5.76 Å². The molecule has 0 saturated carbocycles. The summed E-state index contributed by atoms with van der Waals surface area (Å²) in [6, 6.07) is 3.53. The largest absolute Gasteiger partial charge is 0.465 e. The first-order valence-corrected chi connectivity index (χ1v) is 4.07. The molecule has 0 bridgehead atoms. The molecule has 0 spiro atoms. The van der Waals surface area contributed by atoms with Crippen molar-refractivity contribution < 1.29 is 13.9 Å². The zero-order valence-electron chi connectivity index (χ0n) is 7.60. The van der Waals surface area contributed by atoms with Gasteiger partial charge >= 0.3 is 6.09 Å². The maximum Gasteiger partial charge on any atom is 0.411 e. The first-order chi connectivity index (χ1) is 6.83. The highest BCUT2D eigenvalue weighted by molar-refractivity contribution is 5.69. The van der Waals surface area contributed by atoms with Crippen molar-refractivity contribution in [3.05, 3.63) is 43.0 Å². The minimum Gasteiger partial charge on any atom is -0.465 e. The fourth-order valence-electron chi connectivity index (χ4n) is 0.754. The van der Waals surface area contributed by atoms with Gasteiger partial charge in [0, 0.05) is 6.20 Å². The number of hydrogen-bond donors (Lipinski definition) is 1. The summed E-state index contributed by atoms with van der Waals surface area (Å²) in [6.07, 6.45) is 5.60. The number of alkyl carbamates (subject to hydrolysis) is 1. The van der Waals surface area contributed by atoms with Gasteiger partial charge in [-0.1, -0.05) is 12.7 Å². The Morgan fingerprint density at radius 1 is 1.71 bits per heavy atom. The van der Waals surface area contributed by atoms with Crippen LogP contribution in [0.4, 0.5) is 4.79 Å². The van der Waals surface area contributed by atoms with Crippen molar-refractivity contribution in [1.29, 1.82) is 0 Å². The molecule has 1 N–H and O–H groups in total. The highest BCUT2D eigenvalue weighted by atomic mass is 16.5. The molecule has 0 aliphatic rings. The van der Waals surface area contributed by atoms with Gasteiger partial charge < -0.3 is 9.15 Å². The standard InChI is InChI=1S/C10H11NO3/c1-2-7-14-10(12)11-6-5-9-4-3-8-13-9/h2-6,8H,1,7H2,(H,11,12)/b6-5+. The monoisotopic (exact) mass is 193 g/mol. The van der Waals surface area contributed by atoms with Crippen LogP contribution in [-0.4, -0.2) is 12.7 Å². The van der Waals surface area contributed by atoms with Crippen molar-refractivity contribution in [2.45, 2.75) is 0 Å². The third-order valence-electron chi connectivity index (χ3n) is 1.32. The van der Waals surface area contributed by atoms with Crippen molar-refractivity contribution in [1.82, 2.24) is 5.32 Å². The van der Waals surface area contributed by atoms with Crippen molar-refractivity contribution in [3.63, 3.8) is 0 Å². The van der Waals surface area contributed by atoms with Crippen LogP contribution in [0.25, 0.3) is 6.08 Å². The lowest BCUT2D eigenvalue weighted by Crippen LogP contribution is -2.18. The van der Waals surface area contributed by atoms with Gasteiger partial charge in [0.05, 0.1) is 6.26 Å². The molecule has 0 aromatic carbocycles. The maximum atomic E-state index is 10.9. The molecule has 14 heavy (non-hydrogen) atoms. The van der Waals surface area contributed by atoms with Crippen molar-refractivity contribution in [3.8, 4) is 0 Å². The van der Waals surface area contributed by atoms with Crippen molar-refractivity contribution in [2.75, 3.05) is 6.61 Å². The van der Waals surface area contributed by atoms with Gasteiger partial charge in [-0.25, -0.2) is 4.79 Å². The average Bonchev–Trinajstić information content (AvgIpc) is 2.67. The summed E-state index contributed by atoms with van der Waals surface area (Å²) in [4.78, 5) is 10.9. The summed E-state index contributed by atoms with van der Waals surface area (Å²) in [6.45, 7) is 3.61. The molecule has 74 valence electrons. The molecule has 1 aromatic heterocycles. The Balaban J connectivity index is 2.26. The van der Waals surface area contributed by atoms with Crippen LogP contribution in [-0.2, 0) is 4.74 Å². The lowest BCUT2D eigenvalue weighted by Gasteiger charge is -1.98. The SMILES string of the molecule is C=CCOC(=O)N/C=C/c1ccco1. The van der Waals surface area contributed by atoms with E-state index in [0.29, 0.717) is 5.76 Å². The predicted octanol–water partition coefficient (Wildman–Crippen LogP) is 2.16. The normalized spacial score (nSPS) is 10.0. The van der Waals surface area contributed by atoms with Crippen LogP contribution >= 0.6 is 0 Å². The van der Waals surface area contributed by atoms with E-state index < -0.39 is 6.09 Å². The molecule has 0 radical (unpaired) electrons. The summed E-state index contributed by atoms with van der Waals surface area (Å²) in [5.41, 5.74) is 0. The molecule has 0 saturated heterocycles. The minimum absolute atomic E-state index is 0.195. The summed E-state index contributed by atoms with van der Waals surface area (Å²) in [5.74, 6) is 0.661. The smallest absolute Gasteiger partial charge is 0.411 e. The van der Waals surface area contributed by atoms with Gasteiger partial charge in [-0.05, 0) is 18.2 Å². The highest BCUT2D eigenvalue weighted by Gasteiger charge is 1.95. The summed E-state index contributed by atoms with van der Waals surface area (Å²) in [5, 5.41) is 2.41. The second-order valence-corrected chi connectivity index (χ2v) is 2.38. The highest BCUT2D eigenvalue weighted by Crippen LogP contribution is 2.00. The van der Waals surface area contributed by atoms with E-state index in [4.69, 9.17) is 4.42 Å². The van der Waals surface area contributed by atoms with Gasteiger partial charge in [0.2, 0.25) is 0 Å². The molecular formula is C10H11NO3. The quantitative estimate of drug-likeness (QED) is 0.745. The second-order valence-electron chi connectivity index (χ2n) is 2.38. The number of amides is 1. The van der Waals surface area contributed by atoms with E-state index in [-0.39, 0.29) is 6.61 Å². The van der Waals surface area contributed by atoms with Crippen molar-refractivity contribution >= 4 is 12.2 Å². The molecule has 0 aliphatic carbocycles. The lowest BCUT2D eigenvalue weighted by atomic mass is 10.4. The molecule has 0 atom stereocenters. The second kappa shape index (κ2) is 5.64. The van der Waals surface area contributed by atoms with E-state index in [1.807, 2.05) is 0 Å². The van der Waals surface area contributed by atoms with E-state index in [1.165, 1.54) is 12.3 Å².